The van der Waals surface area contributed by atoms with Crippen LogP contribution < -0.4 is 5.32 Å². The predicted molar refractivity (Wildman–Crippen MR) is 97.2 cm³/mol. The van der Waals surface area contributed by atoms with Crippen LogP contribution in [0, 0.1) is 17.0 Å². The standard InChI is InChI=1S/C17H27N5O5/c1-12-18-14(22(25)26)11-21(12)10-7-15(23)20-8-5-13(6-9-20)19-16(24)27-17(2,3)4/h11,13H,5-10H2,1-4H3,(H,19,24). The zero-order valence-corrected chi connectivity index (χ0v) is 16.2. The molecule has 0 bridgehead atoms. The Bertz CT molecular complexity index is 701. The second-order valence-corrected chi connectivity index (χ2v) is 7.65. The lowest BCUT2D eigenvalue weighted by molar-refractivity contribution is -0.389. The summed E-state index contributed by atoms with van der Waals surface area (Å²) in [6.45, 7) is 8.57. The van der Waals surface area contributed by atoms with Gasteiger partial charge in [0.2, 0.25) is 11.7 Å². The summed E-state index contributed by atoms with van der Waals surface area (Å²) in [5.41, 5.74) is -0.540. The first-order chi connectivity index (χ1) is 12.5. The maximum Gasteiger partial charge on any atom is 0.407 e. The highest BCUT2D eigenvalue weighted by Crippen LogP contribution is 2.15. The normalized spacial score (nSPS) is 15.5. The van der Waals surface area contributed by atoms with Crippen LogP contribution in [-0.4, -0.2) is 56.1 Å². The highest BCUT2D eigenvalue weighted by molar-refractivity contribution is 5.76. The number of nitrogens with zero attached hydrogens (tertiary/aromatic N) is 4. The number of nitro groups is 1. The molecule has 10 heteroatoms. The van der Waals surface area contributed by atoms with Gasteiger partial charge in [0.15, 0.2) is 0 Å². The average Bonchev–Trinajstić information content (AvgIpc) is 2.93. The van der Waals surface area contributed by atoms with Gasteiger partial charge in [-0.15, -0.1) is 0 Å². The van der Waals surface area contributed by atoms with Crippen LogP contribution in [-0.2, 0) is 16.1 Å². The Labute approximate surface area is 158 Å². The van der Waals surface area contributed by atoms with Gasteiger partial charge in [-0.1, -0.05) is 0 Å². The molecule has 2 amide bonds. The van der Waals surface area contributed by atoms with Crippen LogP contribution in [0.5, 0.6) is 0 Å². The van der Waals surface area contributed by atoms with Gasteiger partial charge in [-0.2, -0.15) is 0 Å². The molecule has 150 valence electrons. The van der Waals surface area contributed by atoms with E-state index in [0.29, 0.717) is 38.3 Å². The topological polar surface area (TPSA) is 120 Å². The molecule has 1 fully saturated rings. The number of carbonyl (C=O) groups is 2. The van der Waals surface area contributed by atoms with Crippen molar-refractivity contribution in [2.24, 2.45) is 0 Å². The number of hydrogen-bond donors (Lipinski definition) is 1. The van der Waals surface area contributed by atoms with Crippen molar-refractivity contribution < 1.29 is 19.2 Å². The molecule has 2 rings (SSSR count). The first kappa shape index (κ1) is 20.7. The fourth-order valence-electron chi connectivity index (χ4n) is 2.93. The molecule has 1 N–H and O–H groups in total. The van der Waals surface area contributed by atoms with Gasteiger partial charge in [-0.05, 0) is 43.5 Å². The van der Waals surface area contributed by atoms with Crippen molar-refractivity contribution in [3.63, 3.8) is 0 Å². The summed E-state index contributed by atoms with van der Waals surface area (Å²) in [4.78, 5) is 40.0. The van der Waals surface area contributed by atoms with Crippen LogP contribution in [0.1, 0.15) is 45.9 Å². The third-order valence-electron chi connectivity index (χ3n) is 4.29. The van der Waals surface area contributed by atoms with Crippen molar-refractivity contribution in [3.05, 3.63) is 22.1 Å². The SMILES string of the molecule is Cc1nc([N+](=O)[O-])cn1CCC(=O)N1CCC(NC(=O)OC(C)(C)C)CC1. The van der Waals surface area contributed by atoms with Crippen molar-refractivity contribution >= 4 is 17.8 Å². The molecular weight excluding hydrogens is 354 g/mol. The number of aromatic nitrogens is 2. The summed E-state index contributed by atoms with van der Waals surface area (Å²) in [7, 11) is 0. The van der Waals surface area contributed by atoms with E-state index in [9.17, 15) is 19.7 Å². The molecule has 1 aromatic rings. The van der Waals surface area contributed by atoms with E-state index in [-0.39, 0.29) is 24.2 Å². The van der Waals surface area contributed by atoms with Crippen LogP contribution >= 0.6 is 0 Å². The monoisotopic (exact) mass is 381 g/mol. The van der Waals surface area contributed by atoms with Crippen molar-refractivity contribution in [1.82, 2.24) is 19.8 Å². The molecule has 0 unspecified atom stereocenters. The van der Waals surface area contributed by atoms with Crippen LogP contribution in [0.2, 0.25) is 0 Å². The highest BCUT2D eigenvalue weighted by Gasteiger charge is 2.26. The van der Waals surface area contributed by atoms with Gasteiger partial charge in [0.05, 0.1) is 0 Å². The number of ether oxygens (including phenoxy) is 1. The van der Waals surface area contributed by atoms with Gasteiger partial charge in [0.25, 0.3) is 0 Å². The predicted octanol–water partition coefficient (Wildman–Crippen LogP) is 2.01. The van der Waals surface area contributed by atoms with Crippen LogP contribution in [0.15, 0.2) is 6.20 Å². The van der Waals surface area contributed by atoms with Crippen molar-refractivity contribution in [1.29, 1.82) is 0 Å². The minimum absolute atomic E-state index is 0.0116. The van der Waals surface area contributed by atoms with E-state index in [1.165, 1.54) is 6.20 Å². The Morgan fingerprint density at radius 3 is 2.52 bits per heavy atom. The molecule has 0 radical (unpaired) electrons. The Kier molecular flexibility index (Phi) is 6.40. The number of alkyl carbamates (subject to hydrolysis) is 1. The van der Waals surface area contributed by atoms with Crippen LogP contribution in [0.3, 0.4) is 0 Å². The molecule has 0 atom stereocenters. The summed E-state index contributed by atoms with van der Waals surface area (Å²) < 4.78 is 6.86. The molecule has 0 aliphatic carbocycles. The van der Waals surface area contributed by atoms with E-state index in [2.05, 4.69) is 10.3 Å². The lowest BCUT2D eigenvalue weighted by Gasteiger charge is -2.33. The maximum atomic E-state index is 12.4. The lowest BCUT2D eigenvalue weighted by Crippen LogP contribution is -2.47. The molecule has 1 aromatic heterocycles. The molecule has 1 aliphatic rings. The third kappa shape index (κ3) is 6.22. The third-order valence-corrected chi connectivity index (χ3v) is 4.29. The number of imidazole rings is 1. The zero-order chi connectivity index (χ0) is 20.2. The number of piperidine rings is 1. The quantitative estimate of drug-likeness (QED) is 0.615. The molecule has 0 aromatic carbocycles. The highest BCUT2D eigenvalue weighted by atomic mass is 16.6. The Balaban J connectivity index is 1.76. The summed E-state index contributed by atoms with van der Waals surface area (Å²) in [6.07, 6.45) is 2.49. The van der Waals surface area contributed by atoms with Gasteiger partial charge in [-0.3, -0.25) is 4.79 Å². The largest absolute Gasteiger partial charge is 0.444 e. The fourth-order valence-corrected chi connectivity index (χ4v) is 2.93. The second kappa shape index (κ2) is 8.36. The number of likely N-dealkylation sites (tertiary alicyclic amines) is 1. The summed E-state index contributed by atoms with van der Waals surface area (Å²) in [5.74, 6) is 0.283. The van der Waals surface area contributed by atoms with Crippen LogP contribution in [0.25, 0.3) is 0 Å². The average molecular weight is 381 g/mol. The number of hydrogen-bond acceptors (Lipinski definition) is 6. The number of nitrogens with one attached hydrogen (secondary N) is 1. The number of rotatable bonds is 5. The van der Waals surface area contributed by atoms with Gasteiger partial charge in [-0.25, -0.2) is 4.79 Å². The molecular formula is C17H27N5O5. The first-order valence-corrected chi connectivity index (χ1v) is 9.00. The molecule has 10 nitrogen and oxygen atoms in total. The summed E-state index contributed by atoms with van der Waals surface area (Å²) in [6, 6.07) is -0.0116. The molecule has 0 saturated carbocycles. The number of aryl methyl sites for hydroxylation is 2. The first-order valence-electron chi connectivity index (χ1n) is 9.00. The molecule has 27 heavy (non-hydrogen) atoms. The molecule has 1 aliphatic heterocycles. The second-order valence-electron chi connectivity index (χ2n) is 7.65. The molecule has 0 spiro atoms. The lowest BCUT2D eigenvalue weighted by atomic mass is 10.0. The van der Waals surface area contributed by atoms with Gasteiger partial charge < -0.3 is 29.6 Å². The van der Waals surface area contributed by atoms with Crippen molar-refractivity contribution in [2.45, 2.75) is 65.1 Å². The molecule has 2 heterocycles. The van der Waals surface area contributed by atoms with Crippen molar-refractivity contribution in [2.75, 3.05) is 13.1 Å². The summed E-state index contributed by atoms with van der Waals surface area (Å²) in [5, 5.41) is 13.6. The van der Waals surface area contributed by atoms with E-state index >= 15 is 0 Å². The number of carbonyl (C=O) groups excluding carboxylic acids is 2. The number of amides is 2. The summed E-state index contributed by atoms with van der Waals surface area (Å²) >= 11 is 0. The van der Waals surface area contributed by atoms with E-state index in [1.54, 1.807) is 16.4 Å². The smallest absolute Gasteiger partial charge is 0.407 e. The molecule has 1 saturated heterocycles. The zero-order valence-electron chi connectivity index (χ0n) is 16.2. The fraction of sp³-hybridized carbons (Fsp3) is 0.706. The maximum absolute atomic E-state index is 12.4. The Morgan fingerprint density at radius 1 is 1.37 bits per heavy atom. The van der Waals surface area contributed by atoms with E-state index in [4.69, 9.17) is 4.74 Å². The minimum Gasteiger partial charge on any atom is -0.444 e. The van der Waals surface area contributed by atoms with Crippen LogP contribution in [0.4, 0.5) is 10.6 Å². The van der Waals surface area contributed by atoms with E-state index in [1.807, 2.05) is 20.8 Å². The van der Waals surface area contributed by atoms with Gasteiger partial charge >= 0.3 is 11.9 Å². The van der Waals surface area contributed by atoms with Gasteiger partial charge in [0.1, 0.15) is 11.8 Å². The van der Waals surface area contributed by atoms with Gasteiger partial charge in [0, 0.05) is 39.0 Å². The van der Waals surface area contributed by atoms with Crippen molar-refractivity contribution in [3.8, 4) is 0 Å². The van der Waals surface area contributed by atoms with E-state index in [0.717, 1.165) is 0 Å². The minimum atomic E-state index is -0.548. The Hall–Kier alpha value is -2.65. The Morgan fingerprint density at radius 2 is 2.00 bits per heavy atom. The van der Waals surface area contributed by atoms with E-state index < -0.39 is 16.6 Å².